The van der Waals surface area contributed by atoms with Crippen LogP contribution in [0.1, 0.15) is 5.56 Å². The number of aliphatic hydroxyl groups is 1. The van der Waals surface area contributed by atoms with E-state index in [1.807, 2.05) is 0 Å². The Morgan fingerprint density at radius 1 is 1.44 bits per heavy atom. The largest absolute Gasteiger partial charge is 0.391 e. The van der Waals surface area contributed by atoms with Crippen LogP contribution >= 0.6 is 0 Å². The maximum atomic E-state index is 10.8. The third-order valence-electron chi connectivity index (χ3n) is 2.17. The fraction of sp³-hybridized carbons (Fsp3) is 0.100. The average Bonchev–Trinajstić information content (AvgIpc) is 2.76. The van der Waals surface area contributed by atoms with Crippen molar-refractivity contribution in [1.29, 1.82) is 0 Å². The van der Waals surface area contributed by atoms with Gasteiger partial charge >= 0.3 is 0 Å². The van der Waals surface area contributed by atoms with Gasteiger partial charge in [0, 0.05) is 11.6 Å². The highest BCUT2D eigenvalue weighted by Crippen LogP contribution is 2.30. The molecule has 1 N–H and O–H groups in total. The second-order valence-corrected chi connectivity index (χ2v) is 3.12. The van der Waals surface area contributed by atoms with E-state index in [2.05, 4.69) is 5.16 Å². The predicted octanol–water partition coefficient (Wildman–Crippen LogP) is 1.74. The van der Waals surface area contributed by atoms with Gasteiger partial charge in [0.05, 0.1) is 17.1 Å². The van der Waals surface area contributed by atoms with Crippen molar-refractivity contribution in [2.75, 3.05) is 0 Å². The summed E-state index contributed by atoms with van der Waals surface area (Å²) in [6.45, 7) is -0.273. The smallest absolute Gasteiger partial charge is 0.278 e. The molecular formula is C10H8N2O4. The summed E-state index contributed by atoms with van der Waals surface area (Å²) in [5.74, 6) is 0. The Labute approximate surface area is 90.3 Å². The SMILES string of the molecule is O=[N+]([O-])c1ccccc1-c1nocc1CO. The van der Waals surface area contributed by atoms with E-state index in [1.165, 1.54) is 12.3 Å². The van der Waals surface area contributed by atoms with E-state index in [0.29, 0.717) is 16.8 Å². The first-order valence-electron chi connectivity index (χ1n) is 4.52. The van der Waals surface area contributed by atoms with Crippen molar-refractivity contribution in [1.82, 2.24) is 5.16 Å². The number of rotatable bonds is 3. The van der Waals surface area contributed by atoms with Gasteiger partial charge < -0.3 is 9.63 Å². The summed E-state index contributed by atoms with van der Waals surface area (Å²) in [4.78, 5) is 10.3. The summed E-state index contributed by atoms with van der Waals surface area (Å²) in [6.07, 6.45) is 1.27. The molecular weight excluding hydrogens is 212 g/mol. The van der Waals surface area contributed by atoms with E-state index in [1.54, 1.807) is 18.2 Å². The van der Waals surface area contributed by atoms with Gasteiger partial charge in [-0.2, -0.15) is 0 Å². The predicted molar refractivity (Wildman–Crippen MR) is 54.5 cm³/mol. The summed E-state index contributed by atoms with van der Waals surface area (Å²) < 4.78 is 4.69. The molecule has 1 aromatic carbocycles. The molecule has 0 bridgehead atoms. The van der Waals surface area contributed by atoms with Crippen molar-refractivity contribution >= 4 is 5.69 Å². The number of nitro groups is 1. The summed E-state index contributed by atoms with van der Waals surface area (Å²) >= 11 is 0. The monoisotopic (exact) mass is 220 g/mol. The summed E-state index contributed by atoms with van der Waals surface area (Å²) in [6, 6.07) is 6.18. The Morgan fingerprint density at radius 2 is 2.19 bits per heavy atom. The van der Waals surface area contributed by atoms with Crippen molar-refractivity contribution in [3.63, 3.8) is 0 Å². The molecule has 0 radical (unpaired) electrons. The topological polar surface area (TPSA) is 89.4 Å². The third kappa shape index (κ3) is 1.66. The number of hydrogen-bond acceptors (Lipinski definition) is 5. The summed E-state index contributed by atoms with van der Waals surface area (Å²) in [5, 5.41) is 23.5. The second-order valence-electron chi connectivity index (χ2n) is 3.12. The molecule has 2 aromatic rings. The fourth-order valence-corrected chi connectivity index (χ4v) is 1.42. The van der Waals surface area contributed by atoms with Crippen LogP contribution in [0.3, 0.4) is 0 Å². The second kappa shape index (κ2) is 4.11. The average molecular weight is 220 g/mol. The van der Waals surface area contributed by atoms with Gasteiger partial charge in [-0.15, -0.1) is 0 Å². The quantitative estimate of drug-likeness (QED) is 0.628. The highest BCUT2D eigenvalue weighted by Gasteiger charge is 2.19. The Kier molecular flexibility index (Phi) is 2.65. The van der Waals surface area contributed by atoms with Crippen LogP contribution in [-0.2, 0) is 6.61 Å². The molecule has 0 fully saturated rings. The molecule has 82 valence electrons. The van der Waals surface area contributed by atoms with Gasteiger partial charge in [0.15, 0.2) is 0 Å². The number of nitrogens with zero attached hydrogens (tertiary/aromatic N) is 2. The molecule has 1 heterocycles. The standard InChI is InChI=1S/C10H8N2O4/c13-5-7-6-16-11-10(7)8-3-1-2-4-9(8)12(14)15/h1-4,6,13H,5H2. The number of hydrogen-bond donors (Lipinski definition) is 1. The lowest BCUT2D eigenvalue weighted by molar-refractivity contribution is -0.384. The zero-order valence-corrected chi connectivity index (χ0v) is 8.16. The molecule has 0 aliphatic carbocycles. The minimum atomic E-state index is -0.495. The Morgan fingerprint density at radius 3 is 2.88 bits per heavy atom. The van der Waals surface area contributed by atoms with Crippen LogP contribution in [0.2, 0.25) is 0 Å². The van der Waals surface area contributed by atoms with Crippen molar-refractivity contribution in [3.05, 3.63) is 46.2 Å². The molecule has 6 nitrogen and oxygen atoms in total. The van der Waals surface area contributed by atoms with Crippen molar-refractivity contribution < 1.29 is 14.6 Å². The summed E-state index contributed by atoms with van der Waals surface area (Å²) in [7, 11) is 0. The molecule has 0 aliphatic rings. The Balaban J connectivity index is 2.60. The Bertz CT molecular complexity index is 521. The van der Waals surface area contributed by atoms with Gasteiger partial charge in [-0.25, -0.2) is 0 Å². The molecule has 0 aliphatic heterocycles. The van der Waals surface area contributed by atoms with E-state index in [4.69, 9.17) is 9.63 Å². The zero-order chi connectivity index (χ0) is 11.5. The molecule has 0 spiro atoms. The minimum Gasteiger partial charge on any atom is -0.391 e. The van der Waals surface area contributed by atoms with Gasteiger partial charge in [-0.1, -0.05) is 17.3 Å². The van der Waals surface area contributed by atoms with Crippen LogP contribution in [0.25, 0.3) is 11.3 Å². The number of nitro benzene ring substituents is 1. The summed E-state index contributed by atoms with van der Waals surface area (Å²) in [5.41, 5.74) is 1.00. The third-order valence-corrected chi connectivity index (χ3v) is 2.17. The first-order valence-corrected chi connectivity index (χ1v) is 4.52. The molecule has 2 rings (SSSR count). The number of aliphatic hydroxyl groups excluding tert-OH is 1. The van der Waals surface area contributed by atoms with Gasteiger partial charge in [0.2, 0.25) is 0 Å². The van der Waals surface area contributed by atoms with Gasteiger partial charge in [-0.05, 0) is 6.07 Å². The van der Waals surface area contributed by atoms with Crippen molar-refractivity contribution in [2.24, 2.45) is 0 Å². The van der Waals surface area contributed by atoms with Crippen LogP contribution in [-0.4, -0.2) is 15.2 Å². The number of aromatic nitrogens is 1. The first-order chi connectivity index (χ1) is 7.74. The van der Waals surface area contributed by atoms with E-state index < -0.39 is 4.92 Å². The van der Waals surface area contributed by atoms with Gasteiger partial charge in [0.25, 0.3) is 5.69 Å². The van der Waals surface area contributed by atoms with Crippen LogP contribution in [0.4, 0.5) is 5.69 Å². The normalized spacial score (nSPS) is 10.3. The molecule has 0 atom stereocenters. The lowest BCUT2D eigenvalue weighted by Crippen LogP contribution is -1.93. The highest BCUT2D eigenvalue weighted by molar-refractivity contribution is 5.72. The molecule has 0 saturated carbocycles. The van der Waals surface area contributed by atoms with Crippen LogP contribution in [0, 0.1) is 10.1 Å². The van der Waals surface area contributed by atoms with Crippen LogP contribution in [0.5, 0.6) is 0 Å². The maximum Gasteiger partial charge on any atom is 0.278 e. The number of para-hydroxylation sites is 1. The molecule has 1 aromatic heterocycles. The van der Waals surface area contributed by atoms with E-state index >= 15 is 0 Å². The van der Waals surface area contributed by atoms with E-state index in [9.17, 15) is 10.1 Å². The molecule has 0 unspecified atom stereocenters. The zero-order valence-electron chi connectivity index (χ0n) is 8.16. The van der Waals surface area contributed by atoms with Gasteiger partial charge in [-0.3, -0.25) is 10.1 Å². The molecule has 6 heteroatoms. The highest BCUT2D eigenvalue weighted by atomic mass is 16.6. The number of benzene rings is 1. The van der Waals surface area contributed by atoms with E-state index in [0.717, 1.165) is 0 Å². The first kappa shape index (κ1) is 10.3. The van der Waals surface area contributed by atoms with Gasteiger partial charge in [0.1, 0.15) is 12.0 Å². The lowest BCUT2D eigenvalue weighted by atomic mass is 10.1. The Hall–Kier alpha value is -2.21. The lowest BCUT2D eigenvalue weighted by Gasteiger charge is -1.99. The fourth-order valence-electron chi connectivity index (χ4n) is 1.42. The van der Waals surface area contributed by atoms with Crippen LogP contribution in [0.15, 0.2) is 35.1 Å². The van der Waals surface area contributed by atoms with Crippen molar-refractivity contribution in [2.45, 2.75) is 6.61 Å². The molecule has 0 amide bonds. The minimum absolute atomic E-state index is 0.0638. The molecule has 16 heavy (non-hydrogen) atoms. The van der Waals surface area contributed by atoms with E-state index in [-0.39, 0.29) is 12.3 Å². The maximum absolute atomic E-state index is 10.8. The van der Waals surface area contributed by atoms with Crippen LogP contribution < -0.4 is 0 Å². The molecule has 0 saturated heterocycles. The van der Waals surface area contributed by atoms with Crippen molar-refractivity contribution in [3.8, 4) is 11.3 Å².